The largest absolute Gasteiger partial charge is 0.361 e. The van der Waals surface area contributed by atoms with Crippen LogP contribution in [0.15, 0.2) is 48.4 Å². The summed E-state index contributed by atoms with van der Waals surface area (Å²) >= 11 is 1.56. The van der Waals surface area contributed by atoms with Crippen molar-refractivity contribution in [2.75, 3.05) is 11.9 Å². The molecule has 0 aliphatic heterocycles. The summed E-state index contributed by atoms with van der Waals surface area (Å²) in [6, 6.07) is 7.16. The van der Waals surface area contributed by atoms with Gasteiger partial charge < -0.3 is 14.6 Å². The number of aromatic nitrogens is 4. The first-order valence-corrected chi connectivity index (χ1v) is 17.2. The summed E-state index contributed by atoms with van der Waals surface area (Å²) < 4.78 is 7.99. The average Bonchev–Trinajstić information content (AvgIpc) is 3.46. The molecule has 7 nitrogen and oxygen atoms in total. The molecule has 0 atom stereocenters. The van der Waals surface area contributed by atoms with Crippen molar-refractivity contribution in [3.8, 4) is 21.8 Å². The van der Waals surface area contributed by atoms with Crippen LogP contribution >= 0.6 is 11.3 Å². The Morgan fingerprint density at radius 3 is 2.83 bits per heavy atom. The number of amides is 1. The van der Waals surface area contributed by atoms with Crippen molar-refractivity contribution in [3.05, 3.63) is 48.4 Å². The van der Waals surface area contributed by atoms with Crippen LogP contribution in [0, 0.1) is 5.92 Å². The number of rotatable bonds is 10. The molecule has 9 heteroatoms. The number of anilines is 1. The van der Waals surface area contributed by atoms with E-state index in [-0.39, 0.29) is 5.91 Å². The number of fused-ring (bicyclic) bond motifs is 1. The molecule has 1 amide bonds. The minimum atomic E-state index is -1.12. The van der Waals surface area contributed by atoms with E-state index < -0.39 is 8.07 Å². The number of nitrogens with zero attached hydrogens (tertiary/aromatic N) is 4. The quantitative estimate of drug-likeness (QED) is 0.187. The van der Waals surface area contributed by atoms with Gasteiger partial charge in [0.05, 0.1) is 34.3 Å². The van der Waals surface area contributed by atoms with Crippen LogP contribution in [0.25, 0.3) is 32.9 Å². The molecule has 4 aromatic rings. The van der Waals surface area contributed by atoms with E-state index in [4.69, 9.17) is 9.72 Å². The molecule has 4 heterocycles. The summed E-state index contributed by atoms with van der Waals surface area (Å²) in [5, 5.41) is 6.02. The number of carbonyl (C=O) groups excluding carboxylic acids is 1. The lowest BCUT2D eigenvalue weighted by Gasteiger charge is -2.24. The Kier molecular flexibility index (Phi) is 7.31. The minimum Gasteiger partial charge on any atom is -0.361 e. The third-order valence-electron chi connectivity index (χ3n) is 6.63. The van der Waals surface area contributed by atoms with E-state index in [0.717, 1.165) is 51.2 Å². The van der Waals surface area contributed by atoms with Crippen molar-refractivity contribution < 1.29 is 9.53 Å². The Labute approximate surface area is 217 Å². The summed E-state index contributed by atoms with van der Waals surface area (Å²) in [5.41, 5.74) is 4.27. The fourth-order valence-corrected chi connectivity index (χ4v) is 5.83. The summed E-state index contributed by atoms with van der Waals surface area (Å²) in [4.78, 5) is 27.3. The van der Waals surface area contributed by atoms with E-state index in [1.807, 2.05) is 34.5 Å². The molecular weight excluding hydrogens is 486 g/mol. The van der Waals surface area contributed by atoms with Crippen molar-refractivity contribution in [2.24, 2.45) is 5.92 Å². The maximum absolute atomic E-state index is 12.3. The summed E-state index contributed by atoms with van der Waals surface area (Å²) in [6.45, 7) is 8.32. The lowest BCUT2D eigenvalue weighted by atomic mass is 9.83. The van der Waals surface area contributed by atoms with Crippen LogP contribution in [-0.4, -0.2) is 40.1 Å². The molecule has 0 bridgehead atoms. The van der Waals surface area contributed by atoms with Crippen molar-refractivity contribution in [1.29, 1.82) is 0 Å². The summed E-state index contributed by atoms with van der Waals surface area (Å²) in [6.07, 6.45) is 11.6. The SMILES string of the molecule is C[Si](C)(C)CCOCn1ccc2c(-c3cncc(-c4cc(NC(=O)CC5CCC5)cs4)n3)ccnc21. The fraction of sp³-hybridized carbons (Fsp3) is 0.407. The molecule has 0 unspecified atom stereocenters. The van der Waals surface area contributed by atoms with Crippen LogP contribution in [-0.2, 0) is 16.3 Å². The van der Waals surface area contributed by atoms with Crippen molar-refractivity contribution in [3.63, 3.8) is 0 Å². The van der Waals surface area contributed by atoms with E-state index in [2.05, 4.69) is 41.0 Å². The number of hydrogen-bond donors (Lipinski definition) is 1. The number of pyridine rings is 1. The lowest BCUT2D eigenvalue weighted by molar-refractivity contribution is -0.117. The number of thiophene rings is 1. The highest BCUT2D eigenvalue weighted by molar-refractivity contribution is 7.14. The zero-order valence-corrected chi connectivity index (χ0v) is 23.0. The molecule has 36 heavy (non-hydrogen) atoms. The second-order valence-electron chi connectivity index (χ2n) is 10.8. The van der Waals surface area contributed by atoms with Gasteiger partial charge in [-0.2, -0.15) is 0 Å². The van der Waals surface area contributed by atoms with Crippen molar-refractivity contribution in [1.82, 2.24) is 19.5 Å². The van der Waals surface area contributed by atoms with Crippen LogP contribution in [0.2, 0.25) is 25.7 Å². The zero-order valence-electron chi connectivity index (χ0n) is 21.2. The molecule has 0 saturated heterocycles. The van der Waals surface area contributed by atoms with Crippen LogP contribution in [0.5, 0.6) is 0 Å². The highest BCUT2D eigenvalue weighted by Crippen LogP contribution is 2.33. The molecule has 188 valence electrons. The third-order valence-corrected chi connectivity index (χ3v) is 9.29. The second kappa shape index (κ2) is 10.6. The summed E-state index contributed by atoms with van der Waals surface area (Å²) in [7, 11) is -1.12. The lowest BCUT2D eigenvalue weighted by Crippen LogP contribution is -2.22. The van der Waals surface area contributed by atoms with E-state index in [1.165, 1.54) is 19.3 Å². The number of nitrogens with one attached hydrogen (secondary N) is 1. The highest BCUT2D eigenvalue weighted by Gasteiger charge is 2.21. The van der Waals surface area contributed by atoms with E-state index in [1.54, 1.807) is 23.7 Å². The van der Waals surface area contributed by atoms with Gasteiger partial charge in [-0.25, -0.2) is 9.97 Å². The predicted octanol–water partition coefficient (Wildman–Crippen LogP) is 6.66. The second-order valence-corrected chi connectivity index (χ2v) is 17.3. The van der Waals surface area contributed by atoms with Gasteiger partial charge >= 0.3 is 0 Å². The maximum Gasteiger partial charge on any atom is 0.224 e. The minimum absolute atomic E-state index is 0.0945. The highest BCUT2D eigenvalue weighted by atomic mass is 32.1. The molecule has 1 N–H and O–H groups in total. The molecule has 0 spiro atoms. The third kappa shape index (κ3) is 5.91. The summed E-state index contributed by atoms with van der Waals surface area (Å²) in [5.74, 6) is 0.645. The Balaban J connectivity index is 1.31. The van der Waals surface area contributed by atoms with Gasteiger partial charge in [-0.05, 0) is 43.0 Å². The molecule has 1 aliphatic rings. The number of carbonyl (C=O) groups is 1. The molecule has 5 rings (SSSR count). The zero-order chi connectivity index (χ0) is 25.1. The maximum atomic E-state index is 12.3. The topological polar surface area (TPSA) is 81.9 Å². The van der Waals surface area contributed by atoms with Gasteiger partial charge in [0.25, 0.3) is 0 Å². The standard InChI is InChI=1S/C27H33N5O2SSi/c1-36(2,3)12-11-34-18-32-10-8-22-21(7-9-29-27(22)32)23-15-28-16-24(31-23)25-14-20(17-35-25)30-26(33)13-19-5-4-6-19/h7-10,14-17,19H,4-6,11-13,18H2,1-3H3,(H,30,33). The number of hydrogen-bond acceptors (Lipinski definition) is 6. The molecule has 0 aromatic carbocycles. The molecule has 1 fully saturated rings. The monoisotopic (exact) mass is 519 g/mol. The normalized spacial score (nSPS) is 14.2. The van der Waals surface area contributed by atoms with E-state index >= 15 is 0 Å². The van der Waals surface area contributed by atoms with Gasteiger partial charge in [0.15, 0.2) is 0 Å². The molecule has 4 aromatic heterocycles. The Bertz CT molecular complexity index is 1360. The van der Waals surface area contributed by atoms with Gasteiger partial charge in [-0.1, -0.05) is 26.1 Å². The van der Waals surface area contributed by atoms with Gasteiger partial charge in [-0.3, -0.25) is 9.78 Å². The van der Waals surface area contributed by atoms with Crippen LogP contribution < -0.4 is 5.32 Å². The van der Waals surface area contributed by atoms with Crippen molar-refractivity contribution in [2.45, 2.75) is 58.1 Å². The first kappa shape index (κ1) is 24.8. The van der Waals surface area contributed by atoms with E-state index in [9.17, 15) is 4.79 Å². The Hall–Kier alpha value is -2.88. The van der Waals surface area contributed by atoms with Gasteiger partial charge in [0, 0.05) is 49.8 Å². The molecule has 1 saturated carbocycles. The molecule has 0 radical (unpaired) electrons. The van der Waals surface area contributed by atoms with E-state index in [0.29, 0.717) is 19.1 Å². The van der Waals surface area contributed by atoms with Gasteiger partial charge in [0.2, 0.25) is 5.91 Å². The van der Waals surface area contributed by atoms with Gasteiger partial charge in [0.1, 0.15) is 12.4 Å². The van der Waals surface area contributed by atoms with Gasteiger partial charge in [-0.15, -0.1) is 11.3 Å². The average molecular weight is 520 g/mol. The van der Waals surface area contributed by atoms with Crippen LogP contribution in [0.1, 0.15) is 25.7 Å². The van der Waals surface area contributed by atoms with Crippen LogP contribution in [0.4, 0.5) is 5.69 Å². The first-order chi connectivity index (χ1) is 17.4. The predicted molar refractivity (Wildman–Crippen MR) is 149 cm³/mol. The first-order valence-electron chi connectivity index (χ1n) is 12.6. The van der Waals surface area contributed by atoms with Crippen LogP contribution in [0.3, 0.4) is 0 Å². The Morgan fingerprint density at radius 1 is 1.22 bits per heavy atom. The number of ether oxygens (including phenoxy) is 1. The van der Waals surface area contributed by atoms with Crippen molar-refractivity contribution >= 4 is 42.0 Å². The molecular formula is C27H33N5O2SSi. The Morgan fingerprint density at radius 2 is 2.06 bits per heavy atom. The smallest absolute Gasteiger partial charge is 0.224 e. The molecule has 1 aliphatic carbocycles. The fourth-order valence-electron chi connectivity index (χ4n) is 4.28.